The van der Waals surface area contributed by atoms with Crippen LogP contribution in [-0.2, 0) is 4.79 Å². The number of benzene rings is 2. The van der Waals surface area contributed by atoms with Crippen LogP contribution in [0.25, 0.3) is 0 Å². The molecule has 0 spiro atoms. The zero-order valence-corrected chi connectivity index (χ0v) is 16.0. The van der Waals surface area contributed by atoms with Crippen LogP contribution in [0.3, 0.4) is 0 Å². The van der Waals surface area contributed by atoms with Gasteiger partial charge in [-0.05, 0) is 42.7 Å². The minimum atomic E-state index is -1.08. The number of aromatic hydroxyl groups is 1. The van der Waals surface area contributed by atoms with Crippen molar-refractivity contribution in [3.63, 3.8) is 0 Å². The lowest BCUT2D eigenvalue weighted by molar-refractivity contribution is -0.126. The number of amides is 4. The monoisotopic (exact) mass is 395 g/mol. The number of rotatable bonds is 5. The Hall–Kier alpha value is -3.68. The van der Waals surface area contributed by atoms with Crippen LogP contribution in [0, 0.1) is 5.92 Å². The Kier molecular flexibility index (Phi) is 5.63. The van der Waals surface area contributed by atoms with Gasteiger partial charge in [0.05, 0.1) is 11.1 Å². The molecule has 0 aromatic heterocycles. The first kappa shape index (κ1) is 20.1. The Balaban J connectivity index is 1.77. The summed E-state index contributed by atoms with van der Waals surface area (Å²) >= 11 is 0. The summed E-state index contributed by atoms with van der Waals surface area (Å²) < 4.78 is 0. The van der Waals surface area contributed by atoms with Gasteiger partial charge in [0, 0.05) is 5.56 Å². The summed E-state index contributed by atoms with van der Waals surface area (Å²) in [6.07, 6.45) is 0.235. The van der Waals surface area contributed by atoms with Crippen LogP contribution in [0.1, 0.15) is 51.3 Å². The first-order chi connectivity index (χ1) is 13.8. The number of nitrogens with one attached hydrogen (secondary N) is 2. The quantitative estimate of drug-likeness (QED) is 0.528. The number of carbonyl (C=O) groups is 4. The van der Waals surface area contributed by atoms with Crippen molar-refractivity contribution in [2.75, 3.05) is 0 Å². The fourth-order valence-corrected chi connectivity index (χ4v) is 3.19. The normalized spacial score (nSPS) is 14.0. The third kappa shape index (κ3) is 4.11. The molecule has 1 heterocycles. The van der Waals surface area contributed by atoms with Crippen LogP contribution in [0.15, 0.2) is 48.5 Å². The van der Waals surface area contributed by atoms with Gasteiger partial charge in [-0.3, -0.25) is 34.9 Å². The summed E-state index contributed by atoms with van der Waals surface area (Å²) in [5.41, 5.74) is 5.19. The van der Waals surface area contributed by atoms with Gasteiger partial charge >= 0.3 is 0 Å². The minimum Gasteiger partial charge on any atom is -0.508 e. The lowest BCUT2D eigenvalue weighted by Crippen LogP contribution is -2.54. The average Bonchev–Trinajstić information content (AvgIpc) is 2.94. The Morgan fingerprint density at radius 3 is 2.14 bits per heavy atom. The van der Waals surface area contributed by atoms with E-state index in [1.807, 2.05) is 13.8 Å². The molecule has 1 aliphatic rings. The predicted molar refractivity (Wildman–Crippen MR) is 104 cm³/mol. The molecular formula is C21H21N3O5. The summed E-state index contributed by atoms with van der Waals surface area (Å²) in [4.78, 5) is 51.4. The maximum Gasteiger partial charge on any atom is 0.269 e. The molecule has 1 aliphatic heterocycles. The molecule has 0 radical (unpaired) electrons. The topological polar surface area (TPSA) is 116 Å². The fraction of sp³-hybridized carbons (Fsp3) is 0.238. The number of hydrogen-bond acceptors (Lipinski definition) is 5. The molecule has 0 fully saturated rings. The van der Waals surface area contributed by atoms with Gasteiger partial charge < -0.3 is 5.11 Å². The molecule has 2 aromatic rings. The molecule has 3 N–H and O–H groups in total. The van der Waals surface area contributed by atoms with Crippen molar-refractivity contribution in [3.8, 4) is 5.75 Å². The summed E-state index contributed by atoms with van der Waals surface area (Å²) in [7, 11) is 0. The maximum absolute atomic E-state index is 12.8. The van der Waals surface area contributed by atoms with Crippen LogP contribution in [0.5, 0.6) is 5.75 Å². The van der Waals surface area contributed by atoms with Crippen LogP contribution in [-0.4, -0.2) is 39.7 Å². The van der Waals surface area contributed by atoms with E-state index < -0.39 is 29.7 Å². The van der Waals surface area contributed by atoms with Crippen LogP contribution in [0.2, 0.25) is 0 Å². The van der Waals surface area contributed by atoms with E-state index in [1.165, 1.54) is 24.3 Å². The largest absolute Gasteiger partial charge is 0.508 e. The van der Waals surface area contributed by atoms with Gasteiger partial charge in [0.1, 0.15) is 11.8 Å². The Morgan fingerprint density at radius 2 is 1.59 bits per heavy atom. The molecule has 29 heavy (non-hydrogen) atoms. The molecule has 3 rings (SSSR count). The summed E-state index contributed by atoms with van der Waals surface area (Å²) in [5, 5.41) is 9.47. The first-order valence-corrected chi connectivity index (χ1v) is 9.15. The Morgan fingerprint density at radius 1 is 0.966 bits per heavy atom. The summed E-state index contributed by atoms with van der Waals surface area (Å²) in [5.74, 6) is -2.47. The molecule has 2 aromatic carbocycles. The number of nitrogens with zero attached hydrogens (tertiary/aromatic N) is 1. The Labute approximate surface area is 167 Å². The zero-order valence-electron chi connectivity index (χ0n) is 16.0. The predicted octanol–water partition coefficient (Wildman–Crippen LogP) is 1.86. The molecule has 0 unspecified atom stereocenters. The maximum atomic E-state index is 12.8. The van der Waals surface area contributed by atoms with Gasteiger partial charge in [-0.2, -0.15) is 0 Å². The Bertz CT molecular complexity index is 951. The molecule has 0 saturated carbocycles. The molecule has 1 atom stereocenters. The standard InChI is InChI=1S/C21H21N3O5/c1-12(2)10-17(24-20(28)15-8-3-4-9-16(15)21(24)29)19(27)23-22-18(26)13-6-5-7-14(25)11-13/h3-9,11-12,17,25H,10H2,1-2H3,(H,22,26)(H,23,27)/t17-/m1/s1. The molecule has 0 bridgehead atoms. The molecule has 0 saturated heterocycles. The van der Waals surface area contributed by atoms with Crippen molar-refractivity contribution in [1.82, 2.24) is 15.8 Å². The van der Waals surface area contributed by atoms with Crippen molar-refractivity contribution in [3.05, 3.63) is 65.2 Å². The first-order valence-electron chi connectivity index (χ1n) is 9.15. The van der Waals surface area contributed by atoms with Crippen molar-refractivity contribution < 1.29 is 24.3 Å². The summed E-state index contributed by atoms with van der Waals surface area (Å²) in [6.45, 7) is 3.73. The highest BCUT2D eigenvalue weighted by Gasteiger charge is 2.42. The van der Waals surface area contributed by atoms with Crippen LogP contribution in [0.4, 0.5) is 0 Å². The van der Waals surface area contributed by atoms with E-state index in [0.717, 1.165) is 4.90 Å². The highest BCUT2D eigenvalue weighted by molar-refractivity contribution is 6.22. The van der Waals surface area contributed by atoms with Crippen molar-refractivity contribution in [2.24, 2.45) is 5.92 Å². The minimum absolute atomic E-state index is 0.0110. The van der Waals surface area contributed by atoms with Gasteiger partial charge in [-0.25, -0.2) is 0 Å². The number of imide groups is 1. The molecular weight excluding hydrogens is 374 g/mol. The second-order valence-corrected chi connectivity index (χ2v) is 7.16. The van der Waals surface area contributed by atoms with Crippen LogP contribution < -0.4 is 10.9 Å². The smallest absolute Gasteiger partial charge is 0.269 e. The molecule has 0 aliphatic carbocycles. The van der Waals surface area contributed by atoms with Crippen molar-refractivity contribution in [2.45, 2.75) is 26.3 Å². The lowest BCUT2D eigenvalue weighted by Gasteiger charge is -2.26. The fourth-order valence-electron chi connectivity index (χ4n) is 3.19. The van der Waals surface area contributed by atoms with Gasteiger partial charge in [0.15, 0.2) is 0 Å². The van der Waals surface area contributed by atoms with E-state index in [2.05, 4.69) is 10.9 Å². The van der Waals surface area contributed by atoms with Crippen molar-refractivity contribution >= 4 is 23.6 Å². The van der Waals surface area contributed by atoms with E-state index in [0.29, 0.717) is 0 Å². The molecule has 4 amide bonds. The third-order valence-corrected chi connectivity index (χ3v) is 4.54. The average molecular weight is 395 g/mol. The van der Waals surface area contributed by atoms with E-state index in [-0.39, 0.29) is 34.8 Å². The number of phenolic OH excluding ortho intramolecular Hbond substituents is 1. The molecule has 150 valence electrons. The van der Waals surface area contributed by atoms with Crippen molar-refractivity contribution in [1.29, 1.82) is 0 Å². The second kappa shape index (κ2) is 8.14. The number of fused-ring (bicyclic) bond motifs is 1. The molecule has 8 nitrogen and oxygen atoms in total. The number of phenols is 1. The highest BCUT2D eigenvalue weighted by atomic mass is 16.3. The number of hydrogen-bond donors (Lipinski definition) is 3. The second-order valence-electron chi connectivity index (χ2n) is 7.16. The number of hydrazine groups is 1. The van der Waals surface area contributed by atoms with E-state index >= 15 is 0 Å². The highest BCUT2D eigenvalue weighted by Crippen LogP contribution is 2.26. The van der Waals surface area contributed by atoms with E-state index in [9.17, 15) is 24.3 Å². The number of carbonyl (C=O) groups excluding carboxylic acids is 4. The third-order valence-electron chi connectivity index (χ3n) is 4.54. The lowest BCUT2D eigenvalue weighted by atomic mass is 10.0. The molecule has 8 heteroatoms. The zero-order chi connectivity index (χ0) is 21.1. The van der Waals surface area contributed by atoms with Gasteiger partial charge in [-0.15, -0.1) is 0 Å². The van der Waals surface area contributed by atoms with Gasteiger partial charge in [0.25, 0.3) is 23.6 Å². The SMILES string of the molecule is CC(C)C[C@H](C(=O)NNC(=O)c1cccc(O)c1)N1C(=O)c2ccccc2C1=O. The van der Waals surface area contributed by atoms with E-state index in [1.54, 1.807) is 24.3 Å². The van der Waals surface area contributed by atoms with Gasteiger partial charge in [-0.1, -0.05) is 32.0 Å². The van der Waals surface area contributed by atoms with Crippen LogP contribution >= 0.6 is 0 Å². The van der Waals surface area contributed by atoms with Gasteiger partial charge in [0.2, 0.25) is 0 Å². The summed E-state index contributed by atoms with van der Waals surface area (Å²) in [6, 6.07) is 10.9. The van der Waals surface area contributed by atoms with E-state index in [4.69, 9.17) is 0 Å².